The molecular formula is C18H24N2O2. The van der Waals surface area contributed by atoms with Crippen LogP contribution in [0.15, 0.2) is 42.7 Å². The van der Waals surface area contributed by atoms with Crippen molar-refractivity contribution in [3.8, 4) is 0 Å². The van der Waals surface area contributed by atoms with Crippen molar-refractivity contribution < 1.29 is 9.90 Å². The summed E-state index contributed by atoms with van der Waals surface area (Å²) >= 11 is 0. The lowest BCUT2D eigenvalue weighted by Gasteiger charge is -2.30. The van der Waals surface area contributed by atoms with E-state index in [1.807, 2.05) is 18.2 Å². The third kappa shape index (κ3) is 3.75. The maximum atomic E-state index is 12.1. The first kappa shape index (κ1) is 16.3. The quantitative estimate of drug-likeness (QED) is 0.779. The number of aliphatic carboxylic acids is 1. The number of aromatic amines is 1. The lowest BCUT2D eigenvalue weighted by Crippen LogP contribution is -2.37. The van der Waals surface area contributed by atoms with Crippen molar-refractivity contribution in [2.75, 3.05) is 0 Å². The third-order valence-electron chi connectivity index (χ3n) is 4.13. The summed E-state index contributed by atoms with van der Waals surface area (Å²) in [6, 6.07) is 10.2. The molecule has 0 aliphatic carbocycles. The number of H-pyrrole nitrogens is 1. The molecule has 4 nitrogen and oxygen atoms in total. The van der Waals surface area contributed by atoms with E-state index in [9.17, 15) is 9.90 Å². The zero-order valence-electron chi connectivity index (χ0n) is 13.2. The number of carboxylic acids is 1. The number of hydrogen-bond acceptors (Lipinski definition) is 2. The van der Waals surface area contributed by atoms with E-state index in [2.05, 4.69) is 36.2 Å². The second-order valence-corrected chi connectivity index (χ2v) is 6.31. The van der Waals surface area contributed by atoms with Crippen molar-refractivity contribution >= 4 is 5.97 Å². The largest absolute Gasteiger partial charge is 0.481 e. The van der Waals surface area contributed by atoms with Gasteiger partial charge in [0.25, 0.3) is 0 Å². The van der Waals surface area contributed by atoms with Crippen LogP contribution in [0.2, 0.25) is 0 Å². The van der Waals surface area contributed by atoms with Gasteiger partial charge in [0.15, 0.2) is 0 Å². The molecule has 2 rings (SSSR count). The van der Waals surface area contributed by atoms with Crippen molar-refractivity contribution in [1.82, 2.24) is 10.2 Å². The fraction of sp³-hybridized carbons (Fsp3) is 0.444. The topological polar surface area (TPSA) is 66.0 Å². The lowest BCUT2D eigenvalue weighted by atomic mass is 9.72. The molecule has 22 heavy (non-hydrogen) atoms. The van der Waals surface area contributed by atoms with Crippen LogP contribution in [0.25, 0.3) is 0 Å². The predicted octanol–water partition coefficient (Wildman–Crippen LogP) is 3.80. The number of aromatic nitrogens is 2. The van der Waals surface area contributed by atoms with Crippen LogP contribution in [-0.4, -0.2) is 21.3 Å². The van der Waals surface area contributed by atoms with Gasteiger partial charge in [-0.15, -0.1) is 0 Å². The molecule has 0 saturated heterocycles. The fourth-order valence-corrected chi connectivity index (χ4v) is 3.13. The Bertz CT molecular complexity index is 578. The molecule has 1 aromatic heterocycles. The van der Waals surface area contributed by atoms with Gasteiger partial charge in [-0.3, -0.25) is 9.89 Å². The van der Waals surface area contributed by atoms with E-state index in [0.29, 0.717) is 18.8 Å². The molecule has 0 bridgehead atoms. The summed E-state index contributed by atoms with van der Waals surface area (Å²) in [5.41, 5.74) is 1.18. The molecule has 0 fully saturated rings. The molecule has 1 unspecified atom stereocenters. The van der Waals surface area contributed by atoms with E-state index < -0.39 is 11.4 Å². The summed E-state index contributed by atoms with van der Waals surface area (Å²) in [5.74, 6) is -0.446. The van der Waals surface area contributed by atoms with E-state index in [1.54, 1.807) is 12.4 Å². The number of carbonyl (C=O) groups is 1. The number of carboxylic acid groups (broad SMARTS) is 1. The number of hydrogen-bond donors (Lipinski definition) is 2. The number of nitrogens with zero attached hydrogens (tertiary/aromatic N) is 1. The Hall–Kier alpha value is -2.10. The number of rotatable bonds is 8. The lowest BCUT2D eigenvalue weighted by molar-refractivity contribution is -0.145. The van der Waals surface area contributed by atoms with Gasteiger partial charge in [0.05, 0.1) is 11.6 Å². The highest BCUT2D eigenvalue weighted by Crippen LogP contribution is 2.36. The highest BCUT2D eigenvalue weighted by molar-refractivity contribution is 5.81. The van der Waals surface area contributed by atoms with Crippen LogP contribution in [0.1, 0.15) is 44.2 Å². The van der Waals surface area contributed by atoms with Gasteiger partial charge in [-0.05, 0) is 37.2 Å². The van der Waals surface area contributed by atoms with Crippen LogP contribution >= 0.6 is 0 Å². The highest BCUT2D eigenvalue weighted by Gasteiger charge is 2.41. The maximum Gasteiger partial charge on any atom is 0.314 e. The normalized spacial score (nSPS) is 14.0. The van der Waals surface area contributed by atoms with Crippen molar-refractivity contribution in [3.63, 3.8) is 0 Å². The standard InChI is InChI=1S/C18H24N2O2/c1-14(2)11-18(17(21)22,16-12-19-20-13-16)10-6-9-15-7-4-3-5-8-15/h3-5,7-8,12-14H,6,9-11H2,1-2H3,(H,19,20)(H,21,22). The molecule has 2 N–H and O–H groups in total. The first-order valence-electron chi connectivity index (χ1n) is 7.81. The summed E-state index contributed by atoms with van der Waals surface area (Å²) in [6.07, 6.45) is 6.35. The summed E-state index contributed by atoms with van der Waals surface area (Å²) < 4.78 is 0. The second kappa shape index (κ2) is 7.25. The van der Waals surface area contributed by atoms with Crippen molar-refractivity contribution in [2.45, 2.75) is 44.9 Å². The van der Waals surface area contributed by atoms with Crippen LogP contribution in [0.4, 0.5) is 0 Å². The first-order chi connectivity index (χ1) is 10.5. The molecule has 1 heterocycles. The summed E-state index contributed by atoms with van der Waals surface area (Å²) in [4.78, 5) is 12.1. The van der Waals surface area contributed by atoms with Gasteiger partial charge < -0.3 is 5.11 Å². The number of benzene rings is 1. The first-order valence-corrected chi connectivity index (χ1v) is 7.81. The molecule has 4 heteroatoms. The predicted molar refractivity (Wildman–Crippen MR) is 86.7 cm³/mol. The van der Waals surface area contributed by atoms with Crippen LogP contribution in [-0.2, 0) is 16.6 Å². The SMILES string of the molecule is CC(C)CC(CCCc1ccccc1)(C(=O)O)c1cn[nH]c1. The molecular weight excluding hydrogens is 276 g/mol. The van der Waals surface area contributed by atoms with Gasteiger partial charge in [0.2, 0.25) is 0 Å². The van der Waals surface area contributed by atoms with E-state index in [4.69, 9.17) is 0 Å². The zero-order chi connectivity index (χ0) is 16.0. The van der Waals surface area contributed by atoms with Crippen molar-refractivity contribution in [3.05, 3.63) is 53.9 Å². The Morgan fingerprint density at radius 3 is 2.59 bits per heavy atom. The summed E-state index contributed by atoms with van der Waals surface area (Å²) in [6.45, 7) is 4.13. The fourth-order valence-electron chi connectivity index (χ4n) is 3.13. The number of aryl methyl sites for hydroxylation is 1. The average Bonchev–Trinajstić information content (AvgIpc) is 3.01. The number of nitrogens with one attached hydrogen (secondary N) is 1. The van der Waals surface area contributed by atoms with Gasteiger partial charge in [-0.1, -0.05) is 44.2 Å². The minimum atomic E-state index is -0.851. The zero-order valence-corrected chi connectivity index (χ0v) is 13.2. The molecule has 0 aliphatic heterocycles. The summed E-state index contributed by atoms with van der Waals surface area (Å²) in [5, 5.41) is 16.6. The smallest absolute Gasteiger partial charge is 0.314 e. The van der Waals surface area contributed by atoms with Gasteiger partial charge in [-0.2, -0.15) is 5.10 Å². The molecule has 1 atom stereocenters. The highest BCUT2D eigenvalue weighted by atomic mass is 16.4. The van der Waals surface area contributed by atoms with Gasteiger partial charge >= 0.3 is 5.97 Å². The molecule has 0 saturated carbocycles. The third-order valence-corrected chi connectivity index (χ3v) is 4.13. The van der Waals surface area contributed by atoms with E-state index >= 15 is 0 Å². The van der Waals surface area contributed by atoms with Gasteiger partial charge in [-0.25, -0.2) is 0 Å². The monoisotopic (exact) mass is 300 g/mol. The Morgan fingerprint density at radius 1 is 1.32 bits per heavy atom. The molecule has 0 amide bonds. The average molecular weight is 300 g/mol. The van der Waals surface area contributed by atoms with Crippen LogP contribution in [0.3, 0.4) is 0 Å². The Morgan fingerprint density at radius 2 is 2.05 bits per heavy atom. The molecule has 0 spiro atoms. The minimum Gasteiger partial charge on any atom is -0.481 e. The molecule has 0 aliphatic rings. The Labute approximate surface area is 131 Å². The Kier molecular flexibility index (Phi) is 5.36. The molecule has 0 radical (unpaired) electrons. The van der Waals surface area contributed by atoms with Crippen molar-refractivity contribution in [2.24, 2.45) is 5.92 Å². The maximum absolute atomic E-state index is 12.1. The van der Waals surface area contributed by atoms with Crippen LogP contribution < -0.4 is 0 Å². The van der Waals surface area contributed by atoms with Crippen LogP contribution in [0, 0.1) is 5.92 Å². The van der Waals surface area contributed by atoms with Crippen molar-refractivity contribution in [1.29, 1.82) is 0 Å². The Balaban J connectivity index is 2.15. The molecule has 118 valence electrons. The molecule has 2 aromatic rings. The van der Waals surface area contributed by atoms with Gasteiger partial charge in [0, 0.05) is 11.8 Å². The molecule has 1 aromatic carbocycles. The van der Waals surface area contributed by atoms with E-state index in [0.717, 1.165) is 18.4 Å². The van der Waals surface area contributed by atoms with E-state index in [1.165, 1.54) is 5.56 Å². The van der Waals surface area contributed by atoms with E-state index in [-0.39, 0.29) is 0 Å². The summed E-state index contributed by atoms with van der Waals surface area (Å²) in [7, 11) is 0. The van der Waals surface area contributed by atoms with Crippen LogP contribution in [0.5, 0.6) is 0 Å². The second-order valence-electron chi connectivity index (χ2n) is 6.31. The minimum absolute atomic E-state index is 0.308. The van der Waals surface area contributed by atoms with Gasteiger partial charge in [0.1, 0.15) is 0 Å².